The molecule has 1 rings (SSSR count). The van der Waals surface area contributed by atoms with Crippen LogP contribution < -0.4 is 14.2 Å². The lowest BCUT2D eigenvalue weighted by atomic mass is 10.2. The minimum atomic E-state index is -3.83. The molecule has 0 aromatic heterocycles. The molecule has 0 bridgehead atoms. The van der Waals surface area contributed by atoms with Crippen LogP contribution in [0.4, 0.5) is 0 Å². The molecule has 1 unspecified atom stereocenters. The number of hydrogen-bond donors (Lipinski definition) is 2. The summed E-state index contributed by atoms with van der Waals surface area (Å²) in [6.45, 7) is 3.56. The highest BCUT2D eigenvalue weighted by molar-refractivity contribution is 7.89. The van der Waals surface area contributed by atoms with Crippen molar-refractivity contribution >= 4 is 16.0 Å². The zero-order valence-corrected chi connectivity index (χ0v) is 13.2. The molecule has 2 N–H and O–H groups in total. The SMILES string of the molecule is CCC(C)NS(=O)(=O)c1cc(OC)c(OC)c(C(=O)O)c1. The smallest absolute Gasteiger partial charge is 0.339 e. The zero-order chi connectivity index (χ0) is 16.2. The van der Waals surface area contributed by atoms with Crippen molar-refractivity contribution in [2.75, 3.05) is 14.2 Å². The second-order valence-electron chi connectivity index (χ2n) is 4.44. The van der Waals surface area contributed by atoms with Gasteiger partial charge in [0.1, 0.15) is 5.56 Å². The molecule has 8 heteroatoms. The highest BCUT2D eigenvalue weighted by Crippen LogP contribution is 2.34. The number of nitrogens with one attached hydrogen (secondary N) is 1. The fraction of sp³-hybridized carbons (Fsp3) is 0.462. The number of rotatable bonds is 7. The highest BCUT2D eigenvalue weighted by Gasteiger charge is 2.24. The van der Waals surface area contributed by atoms with Gasteiger partial charge in [0, 0.05) is 12.1 Å². The molecule has 1 aromatic carbocycles. The Morgan fingerprint density at radius 1 is 1.33 bits per heavy atom. The number of aromatic carboxylic acids is 1. The molecule has 0 amide bonds. The van der Waals surface area contributed by atoms with Crippen LogP contribution >= 0.6 is 0 Å². The molecule has 1 atom stereocenters. The van der Waals surface area contributed by atoms with Crippen molar-refractivity contribution in [3.63, 3.8) is 0 Å². The number of benzene rings is 1. The molecule has 0 spiro atoms. The van der Waals surface area contributed by atoms with Crippen LogP contribution in [-0.4, -0.2) is 39.8 Å². The normalized spacial score (nSPS) is 12.8. The fourth-order valence-electron chi connectivity index (χ4n) is 1.67. The molecule has 0 aliphatic rings. The van der Waals surface area contributed by atoms with Crippen LogP contribution in [0.5, 0.6) is 11.5 Å². The van der Waals surface area contributed by atoms with E-state index in [1.165, 1.54) is 20.3 Å². The minimum Gasteiger partial charge on any atom is -0.493 e. The largest absolute Gasteiger partial charge is 0.493 e. The van der Waals surface area contributed by atoms with Crippen molar-refractivity contribution in [1.29, 1.82) is 0 Å². The average molecular weight is 317 g/mol. The van der Waals surface area contributed by atoms with Gasteiger partial charge in [-0.3, -0.25) is 0 Å². The van der Waals surface area contributed by atoms with Gasteiger partial charge in [-0.2, -0.15) is 0 Å². The number of hydrogen-bond acceptors (Lipinski definition) is 5. The van der Waals surface area contributed by atoms with Crippen molar-refractivity contribution in [2.45, 2.75) is 31.2 Å². The minimum absolute atomic E-state index is 0.0208. The predicted octanol–water partition coefficient (Wildman–Crippen LogP) is 1.48. The van der Waals surface area contributed by atoms with Crippen molar-refractivity contribution in [3.8, 4) is 11.5 Å². The molecular weight excluding hydrogens is 298 g/mol. The summed E-state index contributed by atoms with van der Waals surface area (Å²) >= 11 is 0. The Hall–Kier alpha value is -1.80. The van der Waals surface area contributed by atoms with E-state index in [-0.39, 0.29) is 28.0 Å². The maximum atomic E-state index is 12.2. The van der Waals surface area contributed by atoms with Crippen molar-refractivity contribution in [3.05, 3.63) is 17.7 Å². The van der Waals surface area contributed by atoms with E-state index in [4.69, 9.17) is 9.47 Å². The van der Waals surface area contributed by atoms with Gasteiger partial charge in [0.05, 0.1) is 19.1 Å². The summed E-state index contributed by atoms with van der Waals surface area (Å²) < 4.78 is 36.9. The quantitative estimate of drug-likeness (QED) is 0.790. The Labute approximate surface area is 123 Å². The van der Waals surface area contributed by atoms with Crippen LogP contribution in [0.3, 0.4) is 0 Å². The van der Waals surface area contributed by atoms with E-state index >= 15 is 0 Å². The molecule has 0 aliphatic heterocycles. The van der Waals surface area contributed by atoms with Crippen molar-refractivity contribution < 1.29 is 27.8 Å². The number of methoxy groups -OCH3 is 2. The zero-order valence-electron chi connectivity index (χ0n) is 12.3. The molecule has 0 heterocycles. The summed E-state index contributed by atoms with van der Waals surface area (Å²) in [6.07, 6.45) is 0.609. The summed E-state index contributed by atoms with van der Waals surface area (Å²) in [6, 6.07) is 2.01. The van der Waals surface area contributed by atoms with Crippen LogP contribution in [0.15, 0.2) is 17.0 Å². The third-order valence-electron chi connectivity index (χ3n) is 2.96. The van der Waals surface area contributed by atoms with Gasteiger partial charge in [0.2, 0.25) is 10.0 Å². The summed E-state index contributed by atoms with van der Waals surface area (Å²) in [4.78, 5) is 11.1. The van der Waals surface area contributed by atoms with E-state index in [2.05, 4.69) is 4.72 Å². The average Bonchev–Trinajstić information content (AvgIpc) is 2.44. The molecule has 0 fully saturated rings. The first-order chi connectivity index (χ1) is 9.76. The maximum absolute atomic E-state index is 12.2. The first-order valence-corrected chi connectivity index (χ1v) is 7.76. The van der Waals surface area contributed by atoms with Crippen LogP contribution in [-0.2, 0) is 10.0 Å². The number of ether oxygens (including phenoxy) is 2. The van der Waals surface area contributed by atoms with E-state index in [9.17, 15) is 18.3 Å². The van der Waals surface area contributed by atoms with Crippen LogP contribution in [0.1, 0.15) is 30.6 Å². The Morgan fingerprint density at radius 3 is 2.38 bits per heavy atom. The maximum Gasteiger partial charge on any atom is 0.339 e. The van der Waals surface area contributed by atoms with Gasteiger partial charge in [-0.25, -0.2) is 17.9 Å². The van der Waals surface area contributed by atoms with E-state index in [0.717, 1.165) is 6.07 Å². The Morgan fingerprint density at radius 2 is 1.95 bits per heavy atom. The molecule has 0 saturated carbocycles. The van der Waals surface area contributed by atoms with E-state index < -0.39 is 16.0 Å². The molecule has 21 heavy (non-hydrogen) atoms. The van der Waals surface area contributed by atoms with Crippen molar-refractivity contribution in [2.24, 2.45) is 0 Å². The third kappa shape index (κ3) is 3.85. The van der Waals surface area contributed by atoms with Gasteiger partial charge in [-0.05, 0) is 19.4 Å². The topological polar surface area (TPSA) is 102 Å². The lowest BCUT2D eigenvalue weighted by molar-refractivity contribution is 0.0692. The lowest BCUT2D eigenvalue weighted by Gasteiger charge is -2.15. The molecular formula is C13H19NO6S. The number of carboxylic acid groups (broad SMARTS) is 1. The molecule has 7 nitrogen and oxygen atoms in total. The first-order valence-electron chi connectivity index (χ1n) is 6.28. The summed E-state index contributed by atoms with van der Waals surface area (Å²) in [5, 5.41) is 9.18. The monoisotopic (exact) mass is 317 g/mol. The number of carboxylic acids is 1. The second kappa shape index (κ2) is 6.77. The molecule has 1 aromatic rings. The third-order valence-corrected chi connectivity index (χ3v) is 4.53. The van der Waals surface area contributed by atoms with E-state index in [0.29, 0.717) is 6.42 Å². The second-order valence-corrected chi connectivity index (χ2v) is 6.16. The standard InChI is InChI=1S/C13H19NO6S/c1-5-8(2)14-21(17,18)9-6-10(13(15)16)12(20-4)11(7-9)19-3/h6-8,14H,5H2,1-4H3,(H,15,16). The summed E-state index contributed by atoms with van der Waals surface area (Å²) in [5.74, 6) is -1.28. The van der Waals surface area contributed by atoms with Gasteiger partial charge < -0.3 is 14.6 Å². The van der Waals surface area contributed by atoms with Gasteiger partial charge in [0.25, 0.3) is 0 Å². The molecule has 0 saturated heterocycles. The summed E-state index contributed by atoms with van der Waals surface area (Å²) in [7, 11) is -1.24. The Balaban J connectivity index is 3.45. The lowest BCUT2D eigenvalue weighted by Crippen LogP contribution is -2.32. The van der Waals surface area contributed by atoms with E-state index in [1.54, 1.807) is 6.92 Å². The van der Waals surface area contributed by atoms with Crippen LogP contribution in [0.25, 0.3) is 0 Å². The molecule has 0 aliphatic carbocycles. The highest BCUT2D eigenvalue weighted by atomic mass is 32.2. The predicted molar refractivity (Wildman–Crippen MR) is 76.6 cm³/mol. The summed E-state index contributed by atoms with van der Waals surface area (Å²) in [5.41, 5.74) is -0.277. The number of sulfonamides is 1. The molecule has 0 radical (unpaired) electrons. The van der Waals surface area contributed by atoms with Gasteiger partial charge in [-0.15, -0.1) is 0 Å². The Kier molecular flexibility index (Phi) is 5.56. The van der Waals surface area contributed by atoms with Crippen LogP contribution in [0.2, 0.25) is 0 Å². The van der Waals surface area contributed by atoms with Gasteiger partial charge in [0.15, 0.2) is 11.5 Å². The van der Waals surface area contributed by atoms with E-state index in [1.807, 2.05) is 6.92 Å². The molecule has 118 valence electrons. The first kappa shape index (κ1) is 17.3. The fourth-order valence-corrected chi connectivity index (χ4v) is 3.04. The van der Waals surface area contributed by atoms with Crippen molar-refractivity contribution in [1.82, 2.24) is 4.72 Å². The van der Waals surface area contributed by atoms with Crippen LogP contribution in [0, 0.1) is 0 Å². The van der Waals surface area contributed by atoms with Gasteiger partial charge in [-0.1, -0.05) is 6.92 Å². The Bertz CT molecular complexity index is 626. The number of carbonyl (C=O) groups is 1. The van der Waals surface area contributed by atoms with Gasteiger partial charge >= 0.3 is 5.97 Å².